The van der Waals surface area contributed by atoms with E-state index in [9.17, 15) is 18.5 Å². The maximum absolute atomic E-state index is 11.6. The van der Waals surface area contributed by atoms with Gasteiger partial charge < -0.3 is 5.32 Å². The summed E-state index contributed by atoms with van der Waals surface area (Å²) in [6.45, 7) is 3.88. The number of anilines is 1. The van der Waals surface area contributed by atoms with Crippen LogP contribution in [0, 0.1) is 17.0 Å². The normalized spacial score (nSPS) is 11.8. The van der Waals surface area contributed by atoms with Crippen LogP contribution in [0.2, 0.25) is 0 Å². The van der Waals surface area contributed by atoms with Crippen molar-refractivity contribution in [2.24, 2.45) is 0 Å². The van der Waals surface area contributed by atoms with Crippen molar-refractivity contribution in [3.8, 4) is 0 Å². The summed E-state index contributed by atoms with van der Waals surface area (Å²) in [4.78, 5) is 10.5. The molecule has 1 aromatic rings. The summed E-state index contributed by atoms with van der Waals surface area (Å²) in [6, 6.07) is 0. The zero-order valence-electron chi connectivity index (χ0n) is 12.0. The Bertz CT molecular complexity index is 593. The summed E-state index contributed by atoms with van der Waals surface area (Å²) < 4.78 is 25.8. The molecule has 1 heterocycles. The third-order valence-corrected chi connectivity index (χ3v) is 4.62. The third kappa shape index (κ3) is 3.45. The lowest BCUT2D eigenvalue weighted by molar-refractivity contribution is -0.384. The largest absolute Gasteiger partial charge is 0.363 e. The molecule has 0 aliphatic heterocycles. The molecule has 1 N–H and O–H groups in total. The summed E-state index contributed by atoms with van der Waals surface area (Å²) in [7, 11) is -0.458. The summed E-state index contributed by atoms with van der Waals surface area (Å²) >= 11 is 0. The Labute approximate surface area is 117 Å². The van der Waals surface area contributed by atoms with Crippen LogP contribution < -0.4 is 5.32 Å². The maximum Gasteiger partial charge on any atom is 0.333 e. The molecule has 9 nitrogen and oxygen atoms in total. The van der Waals surface area contributed by atoms with Crippen LogP contribution in [0.4, 0.5) is 11.5 Å². The molecule has 0 bridgehead atoms. The van der Waals surface area contributed by atoms with Gasteiger partial charge in [0.1, 0.15) is 5.69 Å². The first kappa shape index (κ1) is 16.4. The number of aryl methyl sites for hydroxylation is 2. The lowest BCUT2D eigenvalue weighted by Crippen LogP contribution is -2.28. The Morgan fingerprint density at radius 2 is 2.05 bits per heavy atom. The van der Waals surface area contributed by atoms with E-state index in [1.807, 2.05) is 0 Å². The Morgan fingerprint density at radius 3 is 2.50 bits per heavy atom. The maximum atomic E-state index is 11.6. The second-order valence-electron chi connectivity index (χ2n) is 4.38. The first-order chi connectivity index (χ1) is 9.20. The van der Waals surface area contributed by atoms with Crippen LogP contribution in [0.25, 0.3) is 0 Å². The molecule has 0 aliphatic carbocycles. The SMILES string of the molecule is CCn1nc(C)c([N+](=O)[O-])c1NCCS(=O)(=O)N(C)C. The van der Waals surface area contributed by atoms with Crippen LogP contribution in [-0.2, 0) is 16.6 Å². The van der Waals surface area contributed by atoms with Gasteiger partial charge in [-0.1, -0.05) is 0 Å². The number of hydrogen-bond donors (Lipinski definition) is 1. The van der Waals surface area contributed by atoms with Crippen LogP contribution in [0.3, 0.4) is 0 Å². The molecule has 0 atom stereocenters. The van der Waals surface area contributed by atoms with Crippen LogP contribution in [0.5, 0.6) is 0 Å². The minimum atomic E-state index is -3.34. The van der Waals surface area contributed by atoms with Crippen molar-refractivity contribution in [2.45, 2.75) is 20.4 Å². The van der Waals surface area contributed by atoms with E-state index in [1.54, 1.807) is 13.8 Å². The summed E-state index contributed by atoms with van der Waals surface area (Å²) in [5.74, 6) is 0.0921. The number of nitrogens with one attached hydrogen (secondary N) is 1. The molecule has 1 aromatic heterocycles. The standard InChI is InChI=1S/C10H19N5O4S/c1-5-14-10(9(15(16)17)8(2)12-14)11-6-7-20(18,19)13(3)4/h11H,5-7H2,1-4H3. The fraction of sp³-hybridized carbons (Fsp3) is 0.700. The summed E-state index contributed by atoms with van der Waals surface area (Å²) in [5.41, 5.74) is 0.184. The smallest absolute Gasteiger partial charge is 0.333 e. The molecule has 0 amide bonds. The monoisotopic (exact) mass is 305 g/mol. The molecular weight excluding hydrogens is 286 g/mol. The van der Waals surface area contributed by atoms with E-state index in [4.69, 9.17) is 0 Å². The predicted molar refractivity (Wildman–Crippen MR) is 75.3 cm³/mol. The Balaban J connectivity index is 2.90. The highest BCUT2D eigenvalue weighted by Crippen LogP contribution is 2.27. The van der Waals surface area contributed by atoms with E-state index in [1.165, 1.54) is 18.8 Å². The van der Waals surface area contributed by atoms with E-state index >= 15 is 0 Å². The number of sulfonamides is 1. The first-order valence-electron chi connectivity index (χ1n) is 6.06. The fourth-order valence-corrected chi connectivity index (χ4v) is 2.40. The van der Waals surface area contributed by atoms with Crippen LogP contribution >= 0.6 is 0 Å². The molecule has 0 radical (unpaired) electrons. The Hall–Kier alpha value is -1.68. The average Bonchev–Trinajstić information content (AvgIpc) is 2.65. The van der Waals surface area contributed by atoms with Crippen molar-refractivity contribution in [1.82, 2.24) is 14.1 Å². The van der Waals surface area contributed by atoms with Gasteiger partial charge in [0.15, 0.2) is 0 Å². The van der Waals surface area contributed by atoms with Crippen molar-refractivity contribution in [1.29, 1.82) is 0 Å². The molecule has 0 fully saturated rings. The first-order valence-corrected chi connectivity index (χ1v) is 7.67. The molecular formula is C10H19N5O4S. The van der Waals surface area contributed by atoms with Gasteiger partial charge in [-0.2, -0.15) is 5.10 Å². The molecule has 10 heteroatoms. The highest BCUT2D eigenvalue weighted by Gasteiger charge is 2.25. The number of nitrogens with zero attached hydrogens (tertiary/aromatic N) is 4. The second-order valence-corrected chi connectivity index (χ2v) is 6.68. The van der Waals surface area contributed by atoms with Crippen molar-refractivity contribution in [3.63, 3.8) is 0 Å². The van der Waals surface area contributed by atoms with E-state index < -0.39 is 14.9 Å². The van der Waals surface area contributed by atoms with Gasteiger partial charge in [0.05, 0.1) is 10.7 Å². The van der Waals surface area contributed by atoms with E-state index in [0.717, 1.165) is 4.31 Å². The molecule has 0 saturated heterocycles. The summed E-state index contributed by atoms with van der Waals surface area (Å²) in [5, 5.41) is 17.9. The number of rotatable bonds is 7. The van der Waals surface area contributed by atoms with Crippen LogP contribution in [-0.4, -0.2) is 53.8 Å². The topological polar surface area (TPSA) is 110 Å². The van der Waals surface area contributed by atoms with Gasteiger partial charge in [-0.15, -0.1) is 0 Å². The molecule has 114 valence electrons. The van der Waals surface area contributed by atoms with Gasteiger partial charge in [-0.25, -0.2) is 17.4 Å². The minimum Gasteiger partial charge on any atom is -0.363 e. The molecule has 20 heavy (non-hydrogen) atoms. The highest BCUT2D eigenvalue weighted by molar-refractivity contribution is 7.89. The fourth-order valence-electron chi connectivity index (χ4n) is 1.68. The Kier molecular flexibility index (Phi) is 5.06. The van der Waals surface area contributed by atoms with Gasteiger partial charge in [0.2, 0.25) is 15.8 Å². The van der Waals surface area contributed by atoms with Gasteiger partial charge in [-0.3, -0.25) is 10.1 Å². The van der Waals surface area contributed by atoms with E-state index in [0.29, 0.717) is 12.2 Å². The van der Waals surface area contributed by atoms with Crippen LogP contribution in [0.15, 0.2) is 0 Å². The predicted octanol–water partition coefficient (Wildman–Crippen LogP) is 0.423. The Morgan fingerprint density at radius 1 is 1.45 bits per heavy atom. The quantitative estimate of drug-likeness (QED) is 0.577. The van der Waals surface area contributed by atoms with Gasteiger partial charge >= 0.3 is 5.69 Å². The number of hydrogen-bond acceptors (Lipinski definition) is 6. The zero-order valence-corrected chi connectivity index (χ0v) is 12.8. The number of aromatic nitrogens is 2. The average molecular weight is 305 g/mol. The highest BCUT2D eigenvalue weighted by atomic mass is 32.2. The minimum absolute atomic E-state index is 0.0759. The second kappa shape index (κ2) is 6.18. The van der Waals surface area contributed by atoms with Crippen LogP contribution in [0.1, 0.15) is 12.6 Å². The zero-order chi connectivity index (χ0) is 15.5. The van der Waals surface area contributed by atoms with Crippen molar-refractivity contribution in [3.05, 3.63) is 15.8 Å². The summed E-state index contributed by atoms with van der Waals surface area (Å²) in [6.07, 6.45) is 0. The molecule has 0 unspecified atom stereocenters. The molecule has 0 spiro atoms. The van der Waals surface area contributed by atoms with Gasteiger partial charge in [0.25, 0.3) is 0 Å². The molecule has 0 saturated carbocycles. The molecule has 0 aromatic carbocycles. The van der Waals surface area contributed by atoms with Crippen molar-refractivity contribution >= 4 is 21.5 Å². The third-order valence-electron chi connectivity index (χ3n) is 2.79. The van der Waals surface area contributed by atoms with Crippen molar-refractivity contribution in [2.75, 3.05) is 31.7 Å². The lowest BCUT2D eigenvalue weighted by atomic mass is 10.4. The van der Waals surface area contributed by atoms with Crippen molar-refractivity contribution < 1.29 is 13.3 Å². The number of nitro groups is 1. The van der Waals surface area contributed by atoms with Gasteiger partial charge in [-0.05, 0) is 13.8 Å². The van der Waals surface area contributed by atoms with E-state index in [2.05, 4.69) is 10.4 Å². The molecule has 0 aliphatic rings. The lowest BCUT2D eigenvalue weighted by Gasteiger charge is -2.12. The van der Waals surface area contributed by atoms with Gasteiger partial charge in [0, 0.05) is 27.2 Å². The molecule has 1 rings (SSSR count). The van der Waals surface area contributed by atoms with E-state index in [-0.39, 0.29) is 23.8 Å².